The number of para-hydroxylation sites is 1. The molecule has 1 fully saturated rings. The van der Waals surface area contributed by atoms with Crippen LogP contribution in [0.2, 0.25) is 0 Å². The predicted molar refractivity (Wildman–Crippen MR) is 102 cm³/mol. The molecule has 0 atom stereocenters. The molecule has 1 aliphatic heterocycles. The van der Waals surface area contributed by atoms with Crippen LogP contribution in [0.1, 0.15) is 5.56 Å². The van der Waals surface area contributed by atoms with Crippen LogP contribution in [-0.4, -0.2) is 22.7 Å². The molecule has 2 amide bonds. The number of nitrogens with one attached hydrogen (secondary N) is 1. The monoisotopic (exact) mass is 436 g/mol. The summed E-state index contributed by atoms with van der Waals surface area (Å²) in [6.07, 6.45) is 1.76. The van der Waals surface area contributed by atoms with Crippen molar-refractivity contribution in [2.75, 3.05) is 12.0 Å². The fourth-order valence-electron chi connectivity index (χ4n) is 2.11. The fraction of sp³-hybridized carbons (Fsp3) is 0.0588. The molecular weight excluding hydrogens is 423 g/mol. The van der Waals surface area contributed by atoms with Crippen molar-refractivity contribution in [3.05, 3.63) is 68.6 Å². The van der Waals surface area contributed by atoms with Crippen molar-refractivity contribution in [2.45, 2.75) is 0 Å². The molecule has 1 heterocycles. The van der Waals surface area contributed by atoms with E-state index in [2.05, 4.69) is 27.9 Å². The van der Waals surface area contributed by atoms with Crippen molar-refractivity contribution in [2.24, 2.45) is 0 Å². The van der Waals surface area contributed by atoms with Crippen LogP contribution in [0.5, 0.6) is 0 Å². The van der Waals surface area contributed by atoms with Crippen molar-refractivity contribution in [3.63, 3.8) is 0 Å². The van der Waals surface area contributed by atoms with Crippen LogP contribution >= 0.6 is 34.4 Å². The van der Waals surface area contributed by atoms with Gasteiger partial charge in [0.25, 0.3) is 11.1 Å². The standard InChI is InChI=1S/C17H13IN2O2S/c18-13-6-4-5-12(9-13)10-15-16(21)20(17(22)23-15)11-19-14-7-2-1-3-8-14/h1-10,19H,11H2/b15-10+. The quantitative estimate of drug-likeness (QED) is 0.571. The third kappa shape index (κ3) is 3.94. The Bertz CT molecular complexity index is 777. The molecule has 1 aliphatic rings. The first kappa shape index (κ1) is 16.1. The van der Waals surface area contributed by atoms with E-state index in [0.29, 0.717) is 4.91 Å². The zero-order chi connectivity index (χ0) is 16.2. The van der Waals surface area contributed by atoms with Crippen LogP contribution in [-0.2, 0) is 4.79 Å². The van der Waals surface area contributed by atoms with E-state index in [1.165, 1.54) is 4.90 Å². The summed E-state index contributed by atoms with van der Waals surface area (Å²) in [5, 5.41) is 2.83. The molecule has 0 aromatic heterocycles. The topological polar surface area (TPSA) is 49.4 Å². The lowest BCUT2D eigenvalue weighted by Crippen LogP contribution is -2.33. The third-order valence-electron chi connectivity index (χ3n) is 3.24. The van der Waals surface area contributed by atoms with E-state index in [0.717, 1.165) is 26.6 Å². The van der Waals surface area contributed by atoms with Gasteiger partial charge in [0, 0.05) is 9.26 Å². The van der Waals surface area contributed by atoms with Crippen LogP contribution < -0.4 is 5.32 Å². The summed E-state index contributed by atoms with van der Waals surface area (Å²) in [5.41, 5.74) is 1.78. The Morgan fingerprint density at radius 1 is 1.09 bits per heavy atom. The lowest BCUT2D eigenvalue weighted by molar-refractivity contribution is -0.122. The highest BCUT2D eigenvalue weighted by atomic mass is 127. The minimum absolute atomic E-state index is 0.165. The molecule has 116 valence electrons. The van der Waals surface area contributed by atoms with Gasteiger partial charge in [-0.15, -0.1) is 0 Å². The highest BCUT2D eigenvalue weighted by molar-refractivity contribution is 14.1. The molecule has 3 rings (SSSR count). The summed E-state index contributed by atoms with van der Waals surface area (Å²) in [4.78, 5) is 26.1. The predicted octanol–water partition coefficient (Wildman–Crippen LogP) is 4.40. The largest absolute Gasteiger partial charge is 0.367 e. The van der Waals surface area contributed by atoms with Gasteiger partial charge < -0.3 is 5.32 Å². The van der Waals surface area contributed by atoms with Crippen LogP contribution in [0, 0.1) is 3.57 Å². The average Bonchev–Trinajstić information content (AvgIpc) is 2.80. The van der Waals surface area contributed by atoms with E-state index in [1.54, 1.807) is 6.08 Å². The Balaban J connectivity index is 1.72. The van der Waals surface area contributed by atoms with Gasteiger partial charge in [-0.05, 0) is 70.3 Å². The van der Waals surface area contributed by atoms with Crippen LogP contribution in [0.25, 0.3) is 6.08 Å². The summed E-state index contributed by atoms with van der Waals surface area (Å²) in [6, 6.07) is 17.3. The number of imide groups is 1. The molecule has 0 spiro atoms. The Kier molecular flexibility index (Phi) is 5.02. The molecular formula is C17H13IN2O2S. The van der Waals surface area contributed by atoms with Crippen LogP contribution in [0.15, 0.2) is 59.5 Å². The SMILES string of the molecule is O=C1S/C(=C/c2cccc(I)c2)C(=O)N1CNc1ccccc1. The number of carbonyl (C=O) groups excluding carboxylic acids is 2. The molecule has 0 saturated carbocycles. The van der Waals surface area contributed by atoms with E-state index >= 15 is 0 Å². The molecule has 0 bridgehead atoms. The minimum atomic E-state index is -0.262. The second-order valence-electron chi connectivity index (χ2n) is 4.87. The second kappa shape index (κ2) is 7.18. The normalized spacial score (nSPS) is 16.2. The lowest BCUT2D eigenvalue weighted by Gasteiger charge is -2.14. The summed E-state index contributed by atoms with van der Waals surface area (Å²) in [5.74, 6) is -0.262. The number of thioether (sulfide) groups is 1. The van der Waals surface area contributed by atoms with E-state index in [4.69, 9.17) is 0 Å². The number of benzene rings is 2. The van der Waals surface area contributed by atoms with Crippen molar-refractivity contribution < 1.29 is 9.59 Å². The number of nitrogens with zero attached hydrogens (tertiary/aromatic N) is 1. The average molecular weight is 436 g/mol. The number of carbonyl (C=O) groups is 2. The molecule has 0 aliphatic carbocycles. The van der Waals surface area contributed by atoms with Crippen LogP contribution in [0.3, 0.4) is 0 Å². The highest BCUT2D eigenvalue weighted by Gasteiger charge is 2.34. The van der Waals surface area contributed by atoms with Crippen molar-refractivity contribution in [3.8, 4) is 0 Å². The first-order valence-electron chi connectivity index (χ1n) is 6.93. The minimum Gasteiger partial charge on any atom is -0.367 e. The first-order valence-corrected chi connectivity index (χ1v) is 8.83. The second-order valence-corrected chi connectivity index (χ2v) is 7.10. The van der Waals surface area contributed by atoms with Gasteiger partial charge in [0.15, 0.2) is 0 Å². The maximum atomic E-state index is 12.4. The first-order chi connectivity index (χ1) is 11.1. The Morgan fingerprint density at radius 3 is 2.61 bits per heavy atom. The maximum Gasteiger partial charge on any atom is 0.295 e. The molecule has 2 aromatic carbocycles. The number of halogens is 1. The van der Waals surface area contributed by atoms with Gasteiger partial charge in [0.2, 0.25) is 0 Å². The number of anilines is 1. The molecule has 0 unspecified atom stereocenters. The smallest absolute Gasteiger partial charge is 0.295 e. The zero-order valence-electron chi connectivity index (χ0n) is 12.0. The summed E-state index contributed by atoms with van der Waals surface area (Å²) in [7, 11) is 0. The number of hydrogen-bond donors (Lipinski definition) is 1. The lowest BCUT2D eigenvalue weighted by atomic mass is 10.2. The van der Waals surface area contributed by atoms with E-state index < -0.39 is 0 Å². The molecule has 1 N–H and O–H groups in total. The Morgan fingerprint density at radius 2 is 1.87 bits per heavy atom. The van der Waals surface area contributed by atoms with E-state index in [9.17, 15) is 9.59 Å². The van der Waals surface area contributed by atoms with E-state index in [1.807, 2.05) is 54.6 Å². The maximum absolute atomic E-state index is 12.4. The summed E-state index contributed by atoms with van der Waals surface area (Å²) in [6.45, 7) is 0.165. The molecule has 0 radical (unpaired) electrons. The molecule has 1 saturated heterocycles. The van der Waals surface area contributed by atoms with Gasteiger partial charge >= 0.3 is 0 Å². The molecule has 6 heteroatoms. The number of hydrogen-bond acceptors (Lipinski definition) is 4. The van der Waals surface area contributed by atoms with Gasteiger partial charge in [-0.1, -0.05) is 30.3 Å². The Labute approximate surface area is 152 Å². The fourth-order valence-corrected chi connectivity index (χ4v) is 3.52. The Hall–Kier alpha value is -1.80. The highest BCUT2D eigenvalue weighted by Crippen LogP contribution is 2.32. The number of rotatable bonds is 4. The number of amides is 2. The summed E-state index contributed by atoms with van der Waals surface area (Å²) >= 11 is 3.19. The van der Waals surface area contributed by atoms with E-state index in [-0.39, 0.29) is 17.8 Å². The zero-order valence-corrected chi connectivity index (χ0v) is 15.0. The van der Waals surface area contributed by atoms with Crippen molar-refractivity contribution in [1.82, 2.24) is 4.90 Å². The van der Waals surface area contributed by atoms with Crippen LogP contribution in [0.4, 0.5) is 10.5 Å². The van der Waals surface area contributed by atoms with Crippen molar-refractivity contribution >= 4 is 57.3 Å². The summed E-state index contributed by atoms with van der Waals surface area (Å²) < 4.78 is 1.08. The third-order valence-corrected chi connectivity index (χ3v) is 4.81. The van der Waals surface area contributed by atoms with Gasteiger partial charge in [-0.25, -0.2) is 0 Å². The van der Waals surface area contributed by atoms with Gasteiger partial charge in [0.1, 0.15) is 0 Å². The molecule has 2 aromatic rings. The van der Waals surface area contributed by atoms with Gasteiger partial charge in [-0.2, -0.15) is 0 Å². The van der Waals surface area contributed by atoms with Gasteiger partial charge in [-0.3, -0.25) is 14.5 Å². The molecule has 4 nitrogen and oxygen atoms in total. The van der Waals surface area contributed by atoms with Gasteiger partial charge in [0.05, 0.1) is 11.6 Å². The van der Waals surface area contributed by atoms with Crippen molar-refractivity contribution in [1.29, 1.82) is 0 Å². The molecule has 23 heavy (non-hydrogen) atoms.